The van der Waals surface area contributed by atoms with E-state index in [4.69, 9.17) is 23.8 Å². The topological polar surface area (TPSA) is 65.0 Å². The highest BCUT2D eigenvalue weighted by atomic mass is 16.3. The van der Waals surface area contributed by atoms with Crippen molar-refractivity contribution in [1.29, 1.82) is 0 Å². The maximum atomic E-state index is 6.70. The van der Waals surface area contributed by atoms with Gasteiger partial charge >= 0.3 is 0 Å². The number of aromatic nitrogens is 3. The molecule has 0 aliphatic heterocycles. The molecule has 9 aromatic rings. The van der Waals surface area contributed by atoms with Gasteiger partial charge in [-0.3, -0.25) is 0 Å². The highest BCUT2D eigenvalue weighted by Crippen LogP contribution is 2.43. The fourth-order valence-corrected chi connectivity index (χ4v) is 7.28. The van der Waals surface area contributed by atoms with Crippen molar-refractivity contribution in [3.8, 4) is 33.9 Å². The van der Waals surface area contributed by atoms with E-state index in [0.29, 0.717) is 23.4 Å². The Kier molecular flexibility index (Phi) is 6.56. The minimum absolute atomic E-state index is 0.320. The quantitative estimate of drug-likeness (QED) is 0.187. The van der Waals surface area contributed by atoms with Gasteiger partial charge in [-0.15, -0.1) is 0 Å². The largest absolute Gasteiger partial charge is 0.455 e. The van der Waals surface area contributed by atoms with Gasteiger partial charge in [-0.05, 0) is 24.1 Å². The van der Waals surface area contributed by atoms with Crippen molar-refractivity contribution in [3.05, 3.63) is 169 Å². The van der Waals surface area contributed by atoms with Gasteiger partial charge in [0, 0.05) is 55.3 Å². The van der Waals surface area contributed by atoms with E-state index in [-0.39, 0.29) is 0 Å². The van der Waals surface area contributed by atoms with Crippen LogP contribution in [0.15, 0.2) is 167 Å². The van der Waals surface area contributed by atoms with E-state index in [1.54, 1.807) is 0 Å². The normalized spacial score (nSPS) is 14.6. The SMILES string of the molecule is C1=CC(c2ccccc2)CC=C1c1nc(-c2ccccc2)nc(-c2cccc3oc4c(-c5cccc6c5oc5ccccc56)cccc4c23)n1. The smallest absolute Gasteiger partial charge is 0.164 e. The summed E-state index contributed by atoms with van der Waals surface area (Å²) in [5.41, 5.74) is 9.36. The summed E-state index contributed by atoms with van der Waals surface area (Å²) in [7, 11) is 0. The zero-order chi connectivity index (χ0) is 33.0. The molecule has 0 fully saturated rings. The van der Waals surface area contributed by atoms with Gasteiger partial charge in [-0.1, -0.05) is 146 Å². The summed E-state index contributed by atoms with van der Waals surface area (Å²) in [5.74, 6) is 2.21. The molecule has 236 valence electrons. The first-order valence-electron chi connectivity index (χ1n) is 16.9. The zero-order valence-corrected chi connectivity index (χ0v) is 27.0. The van der Waals surface area contributed by atoms with E-state index in [1.165, 1.54) is 5.56 Å². The van der Waals surface area contributed by atoms with E-state index in [1.807, 2.05) is 60.7 Å². The Balaban J connectivity index is 1.14. The summed E-state index contributed by atoms with van der Waals surface area (Å²) >= 11 is 0. The molecule has 0 radical (unpaired) electrons. The molecule has 10 rings (SSSR count). The average Bonchev–Trinajstić information content (AvgIpc) is 3.77. The van der Waals surface area contributed by atoms with Crippen LogP contribution in [0.2, 0.25) is 0 Å². The second kappa shape index (κ2) is 11.5. The molecule has 0 saturated carbocycles. The highest BCUT2D eigenvalue weighted by Gasteiger charge is 2.22. The molecule has 3 aromatic heterocycles. The number of nitrogens with zero attached hydrogens (tertiary/aromatic N) is 3. The molecular formula is C45H29N3O2. The molecule has 0 spiro atoms. The molecular weight excluding hydrogens is 615 g/mol. The van der Waals surface area contributed by atoms with Crippen molar-refractivity contribution >= 4 is 49.5 Å². The summed E-state index contributed by atoms with van der Waals surface area (Å²) in [4.78, 5) is 15.2. The van der Waals surface area contributed by atoms with Crippen molar-refractivity contribution < 1.29 is 8.83 Å². The Bertz CT molecular complexity index is 2790. The number of para-hydroxylation sites is 3. The van der Waals surface area contributed by atoms with Crippen LogP contribution in [-0.2, 0) is 0 Å². The number of hydrogen-bond donors (Lipinski definition) is 0. The molecule has 0 N–H and O–H groups in total. The molecule has 0 bridgehead atoms. The maximum absolute atomic E-state index is 6.70. The molecule has 1 unspecified atom stereocenters. The first-order valence-corrected chi connectivity index (χ1v) is 16.9. The Morgan fingerprint density at radius 1 is 0.480 bits per heavy atom. The molecule has 50 heavy (non-hydrogen) atoms. The predicted molar refractivity (Wildman–Crippen MR) is 202 cm³/mol. The number of allylic oxidation sites excluding steroid dienone is 4. The first kappa shape index (κ1) is 28.4. The van der Waals surface area contributed by atoms with Gasteiger partial charge in [0.25, 0.3) is 0 Å². The number of rotatable bonds is 5. The van der Waals surface area contributed by atoms with Crippen LogP contribution in [0.4, 0.5) is 0 Å². The van der Waals surface area contributed by atoms with Crippen molar-refractivity contribution in [1.82, 2.24) is 15.0 Å². The Labute approximate surface area is 287 Å². The van der Waals surface area contributed by atoms with Crippen LogP contribution >= 0.6 is 0 Å². The van der Waals surface area contributed by atoms with Gasteiger partial charge in [0.05, 0.1) is 0 Å². The number of fused-ring (bicyclic) bond motifs is 6. The number of benzene rings is 6. The van der Waals surface area contributed by atoms with Crippen LogP contribution in [0.1, 0.15) is 23.7 Å². The fourth-order valence-electron chi connectivity index (χ4n) is 7.28. The fraction of sp³-hybridized carbons (Fsp3) is 0.0444. The number of furan rings is 2. The predicted octanol–water partition coefficient (Wildman–Crippen LogP) is 11.8. The molecule has 6 aromatic carbocycles. The van der Waals surface area contributed by atoms with Crippen LogP contribution in [0, 0.1) is 0 Å². The monoisotopic (exact) mass is 643 g/mol. The highest BCUT2D eigenvalue weighted by molar-refractivity contribution is 6.17. The van der Waals surface area contributed by atoms with E-state index in [9.17, 15) is 0 Å². The Hall–Kier alpha value is -6.59. The minimum Gasteiger partial charge on any atom is -0.455 e. The molecule has 0 saturated heterocycles. The average molecular weight is 644 g/mol. The van der Waals surface area contributed by atoms with E-state index in [2.05, 4.69) is 97.1 Å². The van der Waals surface area contributed by atoms with Crippen LogP contribution in [0.3, 0.4) is 0 Å². The Morgan fingerprint density at radius 2 is 1.08 bits per heavy atom. The van der Waals surface area contributed by atoms with E-state index in [0.717, 1.165) is 78.1 Å². The molecule has 0 amide bonds. The molecule has 5 heteroatoms. The summed E-state index contributed by atoms with van der Waals surface area (Å²) < 4.78 is 13.1. The van der Waals surface area contributed by atoms with Crippen LogP contribution in [0.5, 0.6) is 0 Å². The van der Waals surface area contributed by atoms with Gasteiger partial charge in [0.15, 0.2) is 17.5 Å². The van der Waals surface area contributed by atoms with E-state index >= 15 is 0 Å². The Morgan fingerprint density at radius 3 is 1.88 bits per heavy atom. The lowest BCUT2D eigenvalue weighted by molar-refractivity contribution is 0.665. The standard InChI is InChI=1S/C45H29N3O2/c1-3-12-28(13-4-1)29-24-26-31(27-25-29)44-46-43(30-14-5-2-6-15-30)47-45(48-44)37-21-11-23-39-40(37)36-20-10-19-35(42(36)50-39)34-18-9-17-33-32-16-7-8-22-38(32)49-41(33)34/h1-24,26-27,29H,25H2. The lowest BCUT2D eigenvalue weighted by atomic mass is 9.90. The third kappa shape index (κ3) is 4.66. The maximum Gasteiger partial charge on any atom is 0.164 e. The lowest BCUT2D eigenvalue weighted by Gasteiger charge is -2.17. The summed E-state index contributed by atoms with van der Waals surface area (Å²) in [6.45, 7) is 0. The molecule has 1 atom stereocenters. The third-order valence-electron chi connectivity index (χ3n) is 9.71. The minimum atomic E-state index is 0.320. The van der Waals surface area contributed by atoms with Crippen LogP contribution in [-0.4, -0.2) is 15.0 Å². The molecule has 1 aliphatic carbocycles. The van der Waals surface area contributed by atoms with Crippen molar-refractivity contribution in [2.24, 2.45) is 0 Å². The van der Waals surface area contributed by atoms with Crippen LogP contribution < -0.4 is 0 Å². The lowest BCUT2D eigenvalue weighted by Crippen LogP contribution is -2.05. The molecule has 5 nitrogen and oxygen atoms in total. The second-order valence-corrected chi connectivity index (χ2v) is 12.7. The molecule has 3 heterocycles. The van der Waals surface area contributed by atoms with Crippen molar-refractivity contribution in [2.45, 2.75) is 12.3 Å². The number of hydrogen-bond acceptors (Lipinski definition) is 5. The third-order valence-corrected chi connectivity index (χ3v) is 9.71. The first-order chi connectivity index (χ1) is 24.8. The molecule has 1 aliphatic rings. The second-order valence-electron chi connectivity index (χ2n) is 12.7. The van der Waals surface area contributed by atoms with Gasteiger partial charge < -0.3 is 8.83 Å². The van der Waals surface area contributed by atoms with E-state index < -0.39 is 0 Å². The van der Waals surface area contributed by atoms with Crippen molar-refractivity contribution in [3.63, 3.8) is 0 Å². The van der Waals surface area contributed by atoms with Gasteiger partial charge in [0.1, 0.15) is 22.3 Å². The summed E-state index contributed by atoms with van der Waals surface area (Å²) in [6, 6.07) is 47.6. The van der Waals surface area contributed by atoms with Crippen LogP contribution in [0.25, 0.3) is 83.4 Å². The summed E-state index contributed by atoms with van der Waals surface area (Å²) in [5, 5.41) is 4.14. The van der Waals surface area contributed by atoms with Gasteiger partial charge in [-0.2, -0.15) is 0 Å². The van der Waals surface area contributed by atoms with Gasteiger partial charge in [0.2, 0.25) is 0 Å². The van der Waals surface area contributed by atoms with Crippen molar-refractivity contribution in [2.75, 3.05) is 0 Å². The zero-order valence-electron chi connectivity index (χ0n) is 27.0. The van der Waals surface area contributed by atoms with Gasteiger partial charge in [-0.25, -0.2) is 15.0 Å². The summed E-state index contributed by atoms with van der Waals surface area (Å²) in [6.07, 6.45) is 7.52.